The lowest BCUT2D eigenvalue weighted by molar-refractivity contribution is -0.137. The molecule has 0 aliphatic heterocycles. The fraction of sp³-hybridized carbons (Fsp3) is 0.250. The van der Waals surface area contributed by atoms with E-state index in [0.717, 1.165) is 5.39 Å². The number of halogens is 1. The molecule has 16 heavy (non-hydrogen) atoms. The highest BCUT2D eigenvalue weighted by Gasteiger charge is 2.11. The largest absolute Gasteiger partial charge is 0.468 e. The Hall–Kier alpha value is -1.34. The number of fused-ring (bicyclic) bond motifs is 1. The molecule has 2 heterocycles. The monoisotopic (exact) mass is 258 g/mol. The first-order valence-corrected chi connectivity index (χ1v) is 5.63. The predicted molar refractivity (Wildman–Crippen MR) is 59.4 cm³/mol. The molecule has 0 saturated heterocycles. The smallest absolute Gasteiger partial charge is 0.316 e. The number of aromatic nitrogens is 4. The second-order valence-electron chi connectivity index (χ2n) is 2.79. The molecule has 2 aromatic heterocycles. The Labute approximate surface area is 99.7 Å². The van der Waals surface area contributed by atoms with E-state index in [-0.39, 0.29) is 17.0 Å². The Bertz CT molecular complexity index is 530. The van der Waals surface area contributed by atoms with Crippen molar-refractivity contribution in [1.29, 1.82) is 0 Å². The van der Waals surface area contributed by atoms with Crippen molar-refractivity contribution in [1.82, 2.24) is 20.2 Å². The Morgan fingerprint density at radius 2 is 2.44 bits per heavy atom. The molecule has 0 fully saturated rings. The lowest BCUT2D eigenvalue weighted by Crippen LogP contribution is -2.03. The molecule has 8 heteroatoms. The summed E-state index contributed by atoms with van der Waals surface area (Å²) in [4.78, 5) is 19.0. The predicted octanol–water partition coefficient (Wildman–Crippen LogP) is 1.27. The zero-order valence-corrected chi connectivity index (χ0v) is 9.80. The van der Waals surface area contributed by atoms with Crippen LogP contribution in [0.1, 0.15) is 0 Å². The summed E-state index contributed by atoms with van der Waals surface area (Å²) in [6.45, 7) is 0. The summed E-state index contributed by atoms with van der Waals surface area (Å²) in [5, 5.41) is 7.98. The van der Waals surface area contributed by atoms with Gasteiger partial charge in [0.25, 0.3) is 0 Å². The fourth-order valence-electron chi connectivity index (χ4n) is 1.08. The van der Waals surface area contributed by atoms with Crippen LogP contribution in [0.3, 0.4) is 0 Å². The van der Waals surface area contributed by atoms with E-state index in [1.807, 2.05) is 0 Å². The maximum atomic E-state index is 11.0. The van der Waals surface area contributed by atoms with Gasteiger partial charge in [-0.15, -0.1) is 0 Å². The van der Waals surface area contributed by atoms with E-state index in [4.69, 9.17) is 11.6 Å². The summed E-state index contributed by atoms with van der Waals surface area (Å²) in [6.07, 6.45) is 1.59. The molecular formula is C8H7ClN4O2S. The first-order valence-electron chi connectivity index (χ1n) is 4.27. The SMILES string of the molecule is COC(=O)CSc1nc(Cl)nc2[nH]ncc12. The highest BCUT2D eigenvalue weighted by molar-refractivity contribution is 8.00. The van der Waals surface area contributed by atoms with Crippen molar-refractivity contribution < 1.29 is 9.53 Å². The van der Waals surface area contributed by atoms with Crippen LogP contribution in [0.2, 0.25) is 5.28 Å². The van der Waals surface area contributed by atoms with E-state index in [0.29, 0.717) is 10.7 Å². The summed E-state index contributed by atoms with van der Waals surface area (Å²) in [6, 6.07) is 0. The number of aromatic amines is 1. The topological polar surface area (TPSA) is 80.8 Å². The van der Waals surface area contributed by atoms with E-state index in [1.54, 1.807) is 6.20 Å². The van der Waals surface area contributed by atoms with E-state index < -0.39 is 0 Å². The average Bonchev–Trinajstić information content (AvgIpc) is 2.73. The number of methoxy groups -OCH3 is 1. The molecule has 0 bridgehead atoms. The number of hydrogen-bond acceptors (Lipinski definition) is 6. The fourth-order valence-corrected chi connectivity index (χ4v) is 2.13. The van der Waals surface area contributed by atoms with E-state index >= 15 is 0 Å². The van der Waals surface area contributed by atoms with Crippen LogP contribution in [0.5, 0.6) is 0 Å². The number of carbonyl (C=O) groups is 1. The summed E-state index contributed by atoms with van der Waals surface area (Å²) in [5.41, 5.74) is 0.548. The number of thioether (sulfide) groups is 1. The van der Waals surface area contributed by atoms with E-state index in [9.17, 15) is 4.79 Å². The van der Waals surface area contributed by atoms with Crippen molar-refractivity contribution in [2.75, 3.05) is 12.9 Å². The summed E-state index contributed by atoms with van der Waals surface area (Å²) < 4.78 is 4.54. The molecule has 0 spiro atoms. The summed E-state index contributed by atoms with van der Waals surface area (Å²) >= 11 is 6.96. The van der Waals surface area contributed by atoms with E-state index in [2.05, 4.69) is 24.9 Å². The van der Waals surface area contributed by atoms with Crippen LogP contribution in [-0.4, -0.2) is 39.0 Å². The molecule has 2 aromatic rings. The van der Waals surface area contributed by atoms with Gasteiger partial charge in [0.15, 0.2) is 5.65 Å². The van der Waals surface area contributed by atoms with Gasteiger partial charge in [0, 0.05) is 0 Å². The Balaban J connectivity index is 2.28. The Morgan fingerprint density at radius 1 is 1.62 bits per heavy atom. The van der Waals surface area contributed by atoms with Gasteiger partial charge in [-0.2, -0.15) is 10.1 Å². The zero-order valence-electron chi connectivity index (χ0n) is 8.23. The highest BCUT2D eigenvalue weighted by Crippen LogP contribution is 2.25. The van der Waals surface area contributed by atoms with Crippen molar-refractivity contribution in [2.24, 2.45) is 0 Å². The third-order valence-electron chi connectivity index (χ3n) is 1.80. The summed E-state index contributed by atoms with van der Waals surface area (Å²) in [5.74, 6) is -0.152. The quantitative estimate of drug-likeness (QED) is 0.386. The van der Waals surface area contributed by atoms with Crippen molar-refractivity contribution in [3.05, 3.63) is 11.5 Å². The number of rotatable bonds is 3. The minimum atomic E-state index is -0.323. The molecule has 2 rings (SSSR count). The number of hydrogen-bond donors (Lipinski definition) is 1. The Morgan fingerprint density at radius 3 is 3.19 bits per heavy atom. The molecule has 0 saturated carbocycles. The number of ether oxygens (including phenoxy) is 1. The van der Waals surface area contributed by atoms with Gasteiger partial charge >= 0.3 is 5.97 Å². The minimum Gasteiger partial charge on any atom is -0.468 e. The van der Waals surface area contributed by atoms with Gasteiger partial charge in [-0.1, -0.05) is 11.8 Å². The van der Waals surface area contributed by atoms with Crippen LogP contribution in [0, 0.1) is 0 Å². The van der Waals surface area contributed by atoms with Crippen LogP contribution in [-0.2, 0) is 9.53 Å². The second kappa shape index (κ2) is 4.67. The van der Waals surface area contributed by atoms with Gasteiger partial charge in [-0.25, -0.2) is 4.98 Å². The zero-order chi connectivity index (χ0) is 11.5. The van der Waals surface area contributed by atoms with Gasteiger partial charge in [0.05, 0.1) is 24.4 Å². The van der Waals surface area contributed by atoms with Gasteiger partial charge in [0.2, 0.25) is 5.28 Å². The number of carbonyl (C=O) groups excluding carboxylic acids is 1. The number of H-pyrrole nitrogens is 1. The lowest BCUT2D eigenvalue weighted by Gasteiger charge is -2.01. The molecule has 0 radical (unpaired) electrons. The highest BCUT2D eigenvalue weighted by atomic mass is 35.5. The third-order valence-corrected chi connectivity index (χ3v) is 2.94. The van der Waals surface area contributed by atoms with Crippen LogP contribution in [0.4, 0.5) is 0 Å². The molecule has 0 amide bonds. The summed E-state index contributed by atoms with van der Waals surface area (Å²) in [7, 11) is 1.34. The maximum Gasteiger partial charge on any atom is 0.316 e. The van der Waals surface area contributed by atoms with Crippen molar-refractivity contribution in [3.8, 4) is 0 Å². The molecule has 1 N–H and O–H groups in total. The van der Waals surface area contributed by atoms with Gasteiger partial charge < -0.3 is 4.74 Å². The standard InChI is InChI=1S/C8H7ClN4O2S/c1-15-5(14)3-16-7-4-2-10-13-6(4)11-8(9)12-7/h2H,3H2,1H3,(H,10,11,12,13). The van der Waals surface area contributed by atoms with Crippen LogP contribution < -0.4 is 0 Å². The third kappa shape index (κ3) is 2.25. The molecular weight excluding hydrogens is 252 g/mol. The van der Waals surface area contributed by atoms with Crippen molar-refractivity contribution in [3.63, 3.8) is 0 Å². The molecule has 0 atom stereocenters. The molecule has 0 aliphatic carbocycles. The minimum absolute atomic E-state index is 0.115. The number of nitrogens with zero attached hydrogens (tertiary/aromatic N) is 3. The molecule has 6 nitrogen and oxygen atoms in total. The van der Waals surface area contributed by atoms with Gasteiger partial charge in [0.1, 0.15) is 5.03 Å². The second-order valence-corrected chi connectivity index (χ2v) is 4.10. The molecule has 0 aromatic carbocycles. The normalized spacial score (nSPS) is 10.6. The van der Waals surface area contributed by atoms with Crippen LogP contribution >= 0.6 is 23.4 Å². The Kier molecular flexibility index (Phi) is 3.25. The van der Waals surface area contributed by atoms with Gasteiger partial charge in [-0.05, 0) is 11.6 Å². The average molecular weight is 259 g/mol. The van der Waals surface area contributed by atoms with Crippen LogP contribution in [0.25, 0.3) is 11.0 Å². The lowest BCUT2D eigenvalue weighted by atomic mass is 10.4. The first-order chi connectivity index (χ1) is 7.70. The number of esters is 1. The molecule has 0 unspecified atom stereocenters. The molecule has 84 valence electrons. The maximum absolute atomic E-state index is 11.0. The number of nitrogens with one attached hydrogen (secondary N) is 1. The van der Waals surface area contributed by atoms with E-state index in [1.165, 1.54) is 18.9 Å². The van der Waals surface area contributed by atoms with Crippen molar-refractivity contribution in [2.45, 2.75) is 5.03 Å². The van der Waals surface area contributed by atoms with Crippen LogP contribution in [0.15, 0.2) is 11.2 Å². The van der Waals surface area contributed by atoms with Gasteiger partial charge in [-0.3, -0.25) is 9.89 Å². The van der Waals surface area contributed by atoms with Crippen molar-refractivity contribution >= 4 is 40.4 Å². The first kappa shape index (κ1) is 11.2. The molecule has 0 aliphatic rings.